The van der Waals surface area contributed by atoms with Crippen molar-refractivity contribution in [2.24, 2.45) is 0 Å². The molecule has 1 heterocycles. The number of rotatable bonds is 2. The Labute approximate surface area is 138 Å². The first-order valence-corrected chi connectivity index (χ1v) is 7.64. The lowest BCUT2D eigenvalue weighted by Crippen LogP contribution is -2.37. The van der Waals surface area contributed by atoms with Crippen LogP contribution in [0, 0.1) is 5.21 Å². The molecule has 0 atom stereocenters. The van der Waals surface area contributed by atoms with Crippen molar-refractivity contribution in [3.63, 3.8) is 0 Å². The van der Waals surface area contributed by atoms with Gasteiger partial charge in [0, 0.05) is 28.6 Å². The summed E-state index contributed by atoms with van der Waals surface area (Å²) >= 11 is 0. The Morgan fingerprint density at radius 2 is 1.50 bits per heavy atom. The van der Waals surface area contributed by atoms with Gasteiger partial charge < -0.3 is 10.5 Å². The van der Waals surface area contributed by atoms with Gasteiger partial charge in [-0.15, -0.1) is 0 Å². The number of fused-ring (bicyclic) bond motifs is 2. The van der Waals surface area contributed by atoms with Crippen molar-refractivity contribution in [3.8, 4) is 0 Å². The molecule has 0 aliphatic rings. The zero-order chi connectivity index (χ0) is 16.5. The number of carbonyl (C=O) groups excluding carboxylic acids is 1. The summed E-state index contributed by atoms with van der Waals surface area (Å²) in [4.78, 5) is 12.6. The maximum atomic E-state index is 12.6. The third-order valence-corrected chi connectivity index (χ3v) is 4.07. The largest absolute Gasteiger partial charge is 0.618 e. The van der Waals surface area contributed by atoms with Crippen LogP contribution in [0.1, 0.15) is 10.5 Å². The van der Waals surface area contributed by atoms with Gasteiger partial charge in [0.25, 0.3) is 5.69 Å². The summed E-state index contributed by atoms with van der Waals surface area (Å²) in [7, 11) is 0. The molecule has 3 aromatic carbocycles. The van der Waals surface area contributed by atoms with E-state index in [0.29, 0.717) is 15.9 Å². The normalized spacial score (nSPS) is 10.8. The van der Waals surface area contributed by atoms with Gasteiger partial charge in [0.1, 0.15) is 0 Å². The van der Waals surface area contributed by atoms with Crippen LogP contribution in [0.15, 0.2) is 78.9 Å². The SMILES string of the molecule is O=C(Nc1cccc2ccccc12)c1ccc2ccccc2[n+]1[O-]. The Hall–Kier alpha value is -3.40. The van der Waals surface area contributed by atoms with Crippen LogP contribution in [0.4, 0.5) is 5.69 Å². The molecule has 4 heteroatoms. The molecule has 0 saturated heterocycles. The highest BCUT2D eigenvalue weighted by atomic mass is 16.5. The minimum atomic E-state index is -0.424. The predicted molar refractivity (Wildman–Crippen MR) is 94.8 cm³/mol. The van der Waals surface area contributed by atoms with Gasteiger partial charge in [-0.3, -0.25) is 4.79 Å². The Balaban J connectivity index is 1.75. The average Bonchev–Trinajstić information content (AvgIpc) is 2.62. The number of amides is 1. The highest BCUT2D eigenvalue weighted by Crippen LogP contribution is 2.23. The molecule has 0 saturated carbocycles. The van der Waals surface area contributed by atoms with E-state index in [-0.39, 0.29) is 5.69 Å². The molecular weight excluding hydrogens is 300 g/mol. The summed E-state index contributed by atoms with van der Waals surface area (Å²) in [6.07, 6.45) is 0. The lowest BCUT2D eigenvalue weighted by Gasteiger charge is -2.10. The molecule has 4 aromatic rings. The van der Waals surface area contributed by atoms with E-state index in [1.807, 2.05) is 54.6 Å². The summed E-state index contributed by atoms with van der Waals surface area (Å²) < 4.78 is 0.676. The molecular formula is C20H14N2O2. The van der Waals surface area contributed by atoms with E-state index in [9.17, 15) is 10.0 Å². The first-order chi connectivity index (χ1) is 11.7. The molecule has 24 heavy (non-hydrogen) atoms. The van der Waals surface area contributed by atoms with Crippen LogP contribution in [0.3, 0.4) is 0 Å². The van der Waals surface area contributed by atoms with Gasteiger partial charge in [0.05, 0.1) is 0 Å². The molecule has 0 aliphatic heterocycles. The Bertz CT molecular complexity index is 1070. The van der Waals surface area contributed by atoms with Gasteiger partial charge in [0.15, 0.2) is 0 Å². The monoisotopic (exact) mass is 314 g/mol. The molecule has 0 radical (unpaired) electrons. The van der Waals surface area contributed by atoms with Crippen molar-refractivity contribution in [1.82, 2.24) is 0 Å². The molecule has 116 valence electrons. The van der Waals surface area contributed by atoms with Crippen LogP contribution in [0.25, 0.3) is 21.7 Å². The van der Waals surface area contributed by atoms with Crippen molar-refractivity contribution in [2.45, 2.75) is 0 Å². The van der Waals surface area contributed by atoms with Gasteiger partial charge >= 0.3 is 5.91 Å². The fourth-order valence-corrected chi connectivity index (χ4v) is 2.87. The van der Waals surface area contributed by atoms with Gasteiger partial charge in [-0.05, 0) is 23.6 Å². The Morgan fingerprint density at radius 3 is 2.38 bits per heavy atom. The number of aromatic nitrogens is 1. The van der Waals surface area contributed by atoms with Gasteiger partial charge in [-0.1, -0.05) is 48.5 Å². The molecule has 0 aliphatic carbocycles. The van der Waals surface area contributed by atoms with Crippen LogP contribution in [-0.2, 0) is 0 Å². The molecule has 1 amide bonds. The van der Waals surface area contributed by atoms with Gasteiger partial charge in [-0.2, -0.15) is 4.73 Å². The lowest BCUT2D eigenvalue weighted by molar-refractivity contribution is -0.579. The highest BCUT2D eigenvalue weighted by Gasteiger charge is 2.19. The maximum absolute atomic E-state index is 12.6. The standard InChI is InChI=1S/C20H14N2O2/c23-20(19-13-12-15-7-2-4-11-18(15)22(19)24)21-17-10-5-8-14-6-1-3-9-16(14)17/h1-13H,(H,21,23). The predicted octanol–water partition coefficient (Wildman–Crippen LogP) is 3.88. The second-order valence-corrected chi connectivity index (χ2v) is 5.55. The smallest absolute Gasteiger partial charge is 0.321 e. The van der Waals surface area contributed by atoms with E-state index in [1.54, 1.807) is 24.3 Å². The Morgan fingerprint density at radius 1 is 0.792 bits per heavy atom. The summed E-state index contributed by atoms with van der Waals surface area (Å²) in [6.45, 7) is 0. The minimum absolute atomic E-state index is 0.0710. The summed E-state index contributed by atoms with van der Waals surface area (Å²) in [5.74, 6) is -0.424. The third kappa shape index (κ3) is 2.34. The van der Waals surface area contributed by atoms with Crippen molar-refractivity contribution in [2.75, 3.05) is 5.32 Å². The van der Waals surface area contributed by atoms with Crippen molar-refractivity contribution in [3.05, 3.63) is 89.8 Å². The number of carbonyl (C=O) groups is 1. The number of nitrogens with one attached hydrogen (secondary N) is 1. The van der Waals surface area contributed by atoms with Crippen molar-refractivity contribution >= 4 is 33.3 Å². The highest BCUT2D eigenvalue weighted by molar-refractivity contribution is 6.08. The van der Waals surface area contributed by atoms with Crippen molar-refractivity contribution < 1.29 is 9.52 Å². The average molecular weight is 314 g/mol. The lowest BCUT2D eigenvalue weighted by atomic mass is 10.1. The first-order valence-electron chi connectivity index (χ1n) is 7.64. The summed E-state index contributed by atoms with van der Waals surface area (Å²) in [5, 5.41) is 18.1. The minimum Gasteiger partial charge on any atom is -0.618 e. The van der Waals surface area contributed by atoms with Gasteiger partial charge in [-0.25, -0.2) is 0 Å². The molecule has 1 N–H and O–H groups in total. The molecule has 0 unspecified atom stereocenters. The van der Waals surface area contributed by atoms with Crippen molar-refractivity contribution in [1.29, 1.82) is 0 Å². The number of anilines is 1. The summed E-state index contributed by atoms with van der Waals surface area (Å²) in [6, 6.07) is 24.0. The zero-order valence-electron chi connectivity index (χ0n) is 12.8. The number of hydrogen-bond donors (Lipinski definition) is 1. The molecule has 1 aromatic heterocycles. The van der Waals surface area contributed by atoms with E-state index >= 15 is 0 Å². The van der Waals surface area contributed by atoms with Gasteiger partial charge in [0.2, 0.25) is 5.52 Å². The topological polar surface area (TPSA) is 56.0 Å². The zero-order valence-corrected chi connectivity index (χ0v) is 12.8. The number of benzene rings is 3. The van der Waals surface area contributed by atoms with Crippen LogP contribution in [0.5, 0.6) is 0 Å². The quantitative estimate of drug-likeness (QED) is 0.451. The number of nitrogens with zero attached hydrogens (tertiary/aromatic N) is 1. The van der Waals surface area contributed by atoms with Crippen LogP contribution in [-0.4, -0.2) is 5.91 Å². The van der Waals surface area contributed by atoms with E-state index in [4.69, 9.17) is 0 Å². The van der Waals surface area contributed by atoms with E-state index in [1.165, 1.54) is 0 Å². The fourth-order valence-electron chi connectivity index (χ4n) is 2.87. The second kappa shape index (κ2) is 5.66. The van der Waals surface area contributed by atoms with Crippen LogP contribution >= 0.6 is 0 Å². The second-order valence-electron chi connectivity index (χ2n) is 5.55. The van der Waals surface area contributed by atoms with E-state index < -0.39 is 5.91 Å². The summed E-state index contributed by atoms with van der Waals surface area (Å²) in [5.41, 5.74) is 1.23. The number of hydrogen-bond acceptors (Lipinski definition) is 2. The fraction of sp³-hybridized carbons (Fsp3) is 0. The molecule has 0 fully saturated rings. The number of pyridine rings is 1. The third-order valence-electron chi connectivity index (χ3n) is 4.07. The number of para-hydroxylation sites is 1. The van der Waals surface area contributed by atoms with E-state index in [2.05, 4.69) is 5.32 Å². The molecule has 0 bridgehead atoms. The first kappa shape index (κ1) is 14.2. The maximum Gasteiger partial charge on any atom is 0.321 e. The molecule has 4 rings (SSSR count). The van der Waals surface area contributed by atoms with Crippen LogP contribution in [0.2, 0.25) is 0 Å². The Kier molecular flexibility index (Phi) is 3.35. The molecule has 0 spiro atoms. The van der Waals surface area contributed by atoms with Crippen LogP contribution < -0.4 is 10.0 Å². The van der Waals surface area contributed by atoms with E-state index in [0.717, 1.165) is 16.2 Å². The molecule has 4 nitrogen and oxygen atoms in total.